The standard InChI is InChI=1S/C22H28N4O3/c1-15(2)17-6-4-5-7-18(17)25-21(27)19-14-20(24-16(3)23-19)26-10-8-22(9-11-26)28-12-13-29-22/h4-7,14-15H,8-13H2,1-3H3,(H,25,27). The highest BCUT2D eigenvalue weighted by Gasteiger charge is 2.40. The number of aromatic nitrogens is 2. The van der Waals surface area contributed by atoms with Crippen LogP contribution in [0.1, 0.15) is 54.5 Å². The van der Waals surface area contributed by atoms with Crippen molar-refractivity contribution in [2.24, 2.45) is 0 Å². The lowest BCUT2D eigenvalue weighted by molar-refractivity contribution is -0.169. The molecule has 0 aliphatic carbocycles. The van der Waals surface area contributed by atoms with E-state index in [1.807, 2.05) is 31.2 Å². The number of carbonyl (C=O) groups excluding carboxylic acids is 1. The molecule has 154 valence electrons. The van der Waals surface area contributed by atoms with Crippen molar-refractivity contribution < 1.29 is 14.3 Å². The SMILES string of the molecule is Cc1nc(C(=O)Nc2ccccc2C(C)C)cc(N2CCC3(CC2)OCCO3)n1. The van der Waals surface area contributed by atoms with Crippen molar-refractivity contribution in [3.8, 4) is 0 Å². The van der Waals surface area contributed by atoms with Crippen LogP contribution in [0.2, 0.25) is 0 Å². The van der Waals surface area contributed by atoms with E-state index in [4.69, 9.17) is 9.47 Å². The minimum atomic E-state index is -0.431. The fourth-order valence-corrected chi connectivity index (χ4v) is 3.99. The van der Waals surface area contributed by atoms with E-state index in [0.717, 1.165) is 43.0 Å². The van der Waals surface area contributed by atoms with Crippen LogP contribution in [-0.2, 0) is 9.47 Å². The van der Waals surface area contributed by atoms with Gasteiger partial charge < -0.3 is 19.7 Å². The molecule has 1 N–H and O–H groups in total. The zero-order valence-electron chi connectivity index (χ0n) is 17.3. The maximum Gasteiger partial charge on any atom is 0.274 e. The zero-order valence-corrected chi connectivity index (χ0v) is 17.3. The second kappa shape index (κ2) is 8.08. The first-order valence-corrected chi connectivity index (χ1v) is 10.2. The van der Waals surface area contributed by atoms with Gasteiger partial charge in [0.2, 0.25) is 0 Å². The molecule has 2 saturated heterocycles. The molecule has 0 atom stereocenters. The fourth-order valence-electron chi connectivity index (χ4n) is 3.99. The van der Waals surface area contributed by atoms with E-state index in [-0.39, 0.29) is 5.91 Å². The summed E-state index contributed by atoms with van der Waals surface area (Å²) >= 11 is 0. The maximum atomic E-state index is 12.9. The Morgan fingerprint density at radius 2 is 1.83 bits per heavy atom. The fraction of sp³-hybridized carbons (Fsp3) is 0.500. The minimum absolute atomic E-state index is 0.221. The molecule has 7 nitrogen and oxygen atoms in total. The maximum absolute atomic E-state index is 12.9. The summed E-state index contributed by atoms with van der Waals surface area (Å²) in [5.41, 5.74) is 2.30. The van der Waals surface area contributed by atoms with Gasteiger partial charge in [-0.3, -0.25) is 4.79 Å². The first-order chi connectivity index (χ1) is 14.0. The molecule has 1 spiro atoms. The van der Waals surface area contributed by atoms with Gasteiger partial charge in [0.25, 0.3) is 5.91 Å². The zero-order chi connectivity index (χ0) is 20.4. The molecule has 3 heterocycles. The normalized spacial score (nSPS) is 18.4. The summed E-state index contributed by atoms with van der Waals surface area (Å²) in [6.07, 6.45) is 1.58. The first kappa shape index (κ1) is 19.8. The number of hydrogen-bond acceptors (Lipinski definition) is 6. The molecule has 2 aliphatic rings. The summed E-state index contributed by atoms with van der Waals surface area (Å²) in [5.74, 6) is 1.01. The van der Waals surface area contributed by atoms with Gasteiger partial charge in [0.05, 0.1) is 13.2 Å². The summed E-state index contributed by atoms with van der Waals surface area (Å²) in [6.45, 7) is 8.90. The molecule has 1 amide bonds. The Morgan fingerprint density at radius 3 is 2.52 bits per heavy atom. The number of nitrogens with zero attached hydrogens (tertiary/aromatic N) is 3. The third-order valence-electron chi connectivity index (χ3n) is 5.55. The van der Waals surface area contributed by atoms with E-state index < -0.39 is 5.79 Å². The minimum Gasteiger partial charge on any atom is -0.356 e. The molecule has 0 unspecified atom stereocenters. The molecule has 0 bridgehead atoms. The van der Waals surface area contributed by atoms with Gasteiger partial charge >= 0.3 is 0 Å². The van der Waals surface area contributed by atoms with Crippen molar-refractivity contribution in [1.82, 2.24) is 9.97 Å². The smallest absolute Gasteiger partial charge is 0.274 e. The van der Waals surface area contributed by atoms with E-state index in [2.05, 4.69) is 34.0 Å². The number of piperidine rings is 1. The number of benzene rings is 1. The number of para-hydroxylation sites is 1. The monoisotopic (exact) mass is 396 g/mol. The molecule has 0 radical (unpaired) electrons. The molecule has 7 heteroatoms. The van der Waals surface area contributed by atoms with Gasteiger partial charge in [0.1, 0.15) is 17.3 Å². The Labute approximate surface area is 171 Å². The van der Waals surface area contributed by atoms with Gasteiger partial charge in [-0.25, -0.2) is 9.97 Å². The summed E-state index contributed by atoms with van der Waals surface area (Å²) in [7, 11) is 0. The number of hydrogen-bond donors (Lipinski definition) is 1. The molecular weight excluding hydrogens is 368 g/mol. The van der Waals surface area contributed by atoms with Gasteiger partial charge in [-0.15, -0.1) is 0 Å². The van der Waals surface area contributed by atoms with Crippen LogP contribution in [0.25, 0.3) is 0 Å². The van der Waals surface area contributed by atoms with Crippen molar-refractivity contribution in [1.29, 1.82) is 0 Å². The average Bonchev–Trinajstić information content (AvgIpc) is 3.16. The van der Waals surface area contributed by atoms with Crippen LogP contribution >= 0.6 is 0 Å². The van der Waals surface area contributed by atoms with Crippen LogP contribution in [-0.4, -0.2) is 48.0 Å². The topological polar surface area (TPSA) is 76.6 Å². The molecule has 1 aromatic heterocycles. The van der Waals surface area contributed by atoms with Crippen molar-refractivity contribution in [3.05, 3.63) is 47.4 Å². The molecular formula is C22H28N4O3. The van der Waals surface area contributed by atoms with Crippen molar-refractivity contribution in [2.75, 3.05) is 36.5 Å². The number of ether oxygens (including phenoxy) is 2. The molecule has 0 saturated carbocycles. The predicted octanol–water partition coefficient (Wildman–Crippen LogP) is 3.50. The third kappa shape index (κ3) is 4.26. The van der Waals surface area contributed by atoms with E-state index >= 15 is 0 Å². The Hall–Kier alpha value is -2.51. The van der Waals surface area contributed by atoms with Gasteiger partial charge in [0.15, 0.2) is 5.79 Å². The number of nitrogens with one attached hydrogen (secondary N) is 1. The van der Waals surface area contributed by atoms with Crippen LogP contribution in [0.4, 0.5) is 11.5 Å². The van der Waals surface area contributed by atoms with Crippen LogP contribution < -0.4 is 10.2 Å². The molecule has 2 aromatic rings. The second-order valence-corrected chi connectivity index (χ2v) is 7.95. The lowest BCUT2D eigenvalue weighted by Gasteiger charge is -2.38. The summed E-state index contributed by atoms with van der Waals surface area (Å²) in [6, 6.07) is 9.64. The average molecular weight is 396 g/mol. The Balaban J connectivity index is 1.51. The third-order valence-corrected chi connectivity index (χ3v) is 5.55. The Kier molecular flexibility index (Phi) is 5.52. The molecule has 2 fully saturated rings. The Bertz CT molecular complexity index is 883. The quantitative estimate of drug-likeness (QED) is 0.852. The largest absolute Gasteiger partial charge is 0.356 e. The summed E-state index contributed by atoms with van der Waals surface area (Å²) in [4.78, 5) is 24.0. The highest BCUT2D eigenvalue weighted by Crippen LogP contribution is 2.33. The lowest BCUT2D eigenvalue weighted by Crippen LogP contribution is -2.45. The van der Waals surface area contributed by atoms with E-state index in [9.17, 15) is 4.79 Å². The van der Waals surface area contributed by atoms with Gasteiger partial charge in [-0.1, -0.05) is 32.0 Å². The second-order valence-electron chi connectivity index (χ2n) is 7.95. The number of aryl methyl sites for hydroxylation is 1. The first-order valence-electron chi connectivity index (χ1n) is 10.2. The highest BCUT2D eigenvalue weighted by atomic mass is 16.7. The van der Waals surface area contributed by atoms with Crippen LogP contribution in [0.5, 0.6) is 0 Å². The molecule has 4 rings (SSSR count). The highest BCUT2D eigenvalue weighted by molar-refractivity contribution is 6.03. The van der Waals surface area contributed by atoms with Crippen molar-refractivity contribution >= 4 is 17.4 Å². The van der Waals surface area contributed by atoms with Gasteiger partial charge in [0, 0.05) is 37.7 Å². The van der Waals surface area contributed by atoms with Gasteiger partial charge in [-0.2, -0.15) is 0 Å². The number of rotatable bonds is 4. The molecule has 1 aromatic carbocycles. The lowest BCUT2D eigenvalue weighted by atomic mass is 10.0. The van der Waals surface area contributed by atoms with E-state index in [1.165, 1.54) is 0 Å². The number of anilines is 2. The number of amides is 1. The molecule has 29 heavy (non-hydrogen) atoms. The van der Waals surface area contributed by atoms with Crippen molar-refractivity contribution in [3.63, 3.8) is 0 Å². The van der Waals surface area contributed by atoms with E-state index in [0.29, 0.717) is 30.7 Å². The van der Waals surface area contributed by atoms with Gasteiger partial charge in [-0.05, 0) is 24.5 Å². The Morgan fingerprint density at radius 1 is 1.14 bits per heavy atom. The predicted molar refractivity (Wildman–Crippen MR) is 111 cm³/mol. The van der Waals surface area contributed by atoms with Crippen molar-refractivity contribution in [2.45, 2.75) is 45.3 Å². The summed E-state index contributed by atoms with van der Waals surface area (Å²) < 4.78 is 11.6. The summed E-state index contributed by atoms with van der Waals surface area (Å²) in [5, 5.41) is 3.02. The molecule has 2 aliphatic heterocycles. The van der Waals surface area contributed by atoms with Crippen LogP contribution in [0.3, 0.4) is 0 Å². The van der Waals surface area contributed by atoms with Crippen LogP contribution in [0, 0.1) is 6.92 Å². The van der Waals surface area contributed by atoms with Crippen LogP contribution in [0.15, 0.2) is 30.3 Å². The number of carbonyl (C=O) groups is 1. The van der Waals surface area contributed by atoms with E-state index in [1.54, 1.807) is 6.07 Å².